The highest BCUT2D eigenvalue weighted by Gasteiger charge is 2.14. The topological polar surface area (TPSA) is 38.0 Å². The number of hydrogen-bond donors (Lipinski definition) is 2. The van der Waals surface area contributed by atoms with E-state index in [2.05, 4.69) is 12.0 Å². The summed E-state index contributed by atoms with van der Waals surface area (Å²) in [5, 5.41) is 0.143. The molecule has 0 aliphatic heterocycles. The van der Waals surface area contributed by atoms with Gasteiger partial charge in [-0.1, -0.05) is 29.8 Å². The summed E-state index contributed by atoms with van der Waals surface area (Å²) in [6.07, 6.45) is 4.49. The van der Waals surface area contributed by atoms with E-state index in [1.165, 1.54) is 6.07 Å². The Balaban J connectivity index is 2.78. The van der Waals surface area contributed by atoms with E-state index in [1.807, 2.05) is 6.08 Å². The molecule has 0 fully saturated rings. The lowest BCUT2D eigenvalue weighted by Gasteiger charge is -2.17. The van der Waals surface area contributed by atoms with E-state index in [9.17, 15) is 4.39 Å². The van der Waals surface area contributed by atoms with Gasteiger partial charge < -0.3 is 0 Å². The normalized spacial score (nSPS) is 12.4. The Hall–Kier alpha value is -0.900. The van der Waals surface area contributed by atoms with Gasteiger partial charge in [-0.3, -0.25) is 11.3 Å². The second-order valence-electron chi connectivity index (χ2n) is 3.58. The van der Waals surface area contributed by atoms with Crippen molar-refractivity contribution in [3.8, 4) is 0 Å². The fraction of sp³-hybridized carbons (Fsp3) is 0.333. The van der Waals surface area contributed by atoms with Crippen LogP contribution < -0.4 is 11.3 Å². The number of hydrazine groups is 1. The Morgan fingerprint density at radius 3 is 2.94 bits per heavy atom. The monoisotopic (exact) mass is 242 g/mol. The standard InChI is InChI=1S/C12H16ClFN2/c1-2-3-4-8-11(16-15)9-6-5-7-10(14)12(9)13/h2,5-7,11,16H,1,3-4,8,15H2. The Labute approximate surface area is 100 Å². The van der Waals surface area contributed by atoms with E-state index in [4.69, 9.17) is 17.4 Å². The van der Waals surface area contributed by atoms with Gasteiger partial charge in [-0.05, 0) is 30.9 Å². The fourth-order valence-corrected chi connectivity index (χ4v) is 1.84. The maximum atomic E-state index is 13.2. The molecule has 1 rings (SSSR count). The van der Waals surface area contributed by atoms with Gasteiger partial charge in [0.25, 0.3) is 0 Å². The van der Waals surface area contributed by atoms with Gasteiger partial charge in [0.15, 0.2) is 0 Å². The first-order chi connectivity index (χ1) is 7.70. The molecular formula is C12H16ClFN2. The zero-order valence-corrected chi connectivity index (χ0v) is 9.80. The van der Waals surface area contributed by atoms with Crippen molar-refractivity contribution in [1.82, 2.24) is 5.43 Å². The largest absolute Gasteiger partial charge is 0.271 e. The molecule has 2 nitrogen and oxygen atoms in total. The number of unbranched alkanes of at least 4 members (excludes halogenated alkanes) is 1. The van der Waals surface area contributed by atoms with Crippen molar-refractivity contribution < 1.29 is 4.39 Å². The maximum absolute atomic E-state index is 13.2. The van der Waals surface area contributed by atoms with Crippen LogP contribution in [0.2, 0.25) is 5.02 Å². The van der Waals surface area contributed by atoms with Gasteiger partial charge in [-0.25, -0.2) is 4.39 Å². The van der Waals surface area contributed by atoms with Gasteiger partial charge in [-0.2, -0.15) is 0 Å². The zero-order valence-electron chi connectivity index (χ0n) is 9.05. The summed E-state index contributed by atoms with van der Waals surface area (Å²) in [4.78, 5) is 0. The molecule has 88 valence electrons. The van der Waals surface area contributed by atoms with E-state index in [1.54, 1.807) is 12.1 Å². The van der Waals surface area contributed by atoms with Crippen molar-refractivity contribution in [2.24, 2.45) is 5.84 Å². The predicted octanol–water partition coefficient (Wildman–Crippen LogP) is 3.34. The summed E-state index contributed by atoms with van der Waals surface area (Å²) in [5.41, 5.74) is 3.36. The van der Waals surface area contributed by atoms with Crippen LogP contribution in [0.25, 0.3) is 0 Å². The van der Waals surface area contributed by atoms with E-state index >= 15 is 0 Å². The van der Waals surface area contributed by atoms with Crippen molar-refractivity contribution in [2.45, 2.75) is 25.3 Å². The van der Waals surface area contributed by atoms with Crippen LogP contribution in [0.3, 0.4) is 0 Å². The van der Waals surface area contributed by atoms with Gasteiger partial charge in [0.05, 0.1) is 5.02 Å². The lowest BCUT2D eigenvalue weighted by Crippen LogP contribution is -2.28. The van der Waals surface area contributed by atoms with Crippen LogP contribution in [0.5, 0.6) is 0 Å². The summed E-state index contributed by atoms with van der Waals surface area (Å²) in [6.45, 7) is 3.65. The molecule has 0 spiro atoms. The molecular weight excluding hydrogens is 227 g/mol. The highest BCUT2D eigenvalue weighted by molar-refractivity contribution is 6.31. The molecule has 0 aromatic heterocycles. The molecule has 1 atom stereocenters. The van der Waals surface area contributed by atoms with Crippen molar-refractivity contribution in [3.63, 3.8) is 0 Å². The summed E-state index contributed by atoms with van der Waals surface area (Å²) in [7, 11) is 0. The average molecular weight is 243 g/mol. The van der Waals surface area contributed by atoms with Crippen molar-refractivity contribution in [2.75, 3.05) is 0 Å². The fourth-order valence-electron chi connectivity index (χ4n) is 1.58. The summed E-state index contributed by atoms with van der Waals surface area (Å²) >= 11 is 5.89. The molecule has 0 aliphatic rings. The molecule has 0 bridgehead atoms. The molecule has 1 aromatic carbocycles. The molecule has 0 saturated heterocycles. The van der Waals surface area contributed by atoms with E-state index in [0.29, 0.717) is 5.56 Å². The van der Waals surface area contributed by atoms with Crippen LogP contribution in [0.1, 0.15) is 30.9 Å². The minimum absolute atomic E-state index is 0.122. The summed E-state index contributed by atoms with van der Waals surface area (Å²) in [5.74, 6) is 5.04. The second-order valence-corrected chi connectivity index (χ2v) is 3.96. The number of rotatable bonds is 6. The van der Waals surface area contributed by atoms with Crippen LogP contribution in [-0.4, -0.2) is 0 Å². The molecule has 0 amide bonds. The molecule has 1 aromatic rings. The number of halogens is 2. The first-order valence-electron chi connectivity index (χ1n) is 5.21. The summed E-state index contributed by atoms with van der Waals surface area (Å²) in [6, 6.07) is 4.63. The van der Waals surface area contributed by atoms with Crippen LogP contribution in [-0.2, 0) is 0 Å². The molecule has 1 unspecified atom stereocenters. The lowest BCUT2D eigenvalue weighted by molar-refractivity contribution is 0.497. The molecule has 0 radical (unpaired) electrons. The summed E-state index contributed by atoms with van der Waals surface area (Å²) < 4.78 is 13.2. The third-order valence-electron chi connectivity index (χ3n) is 2.46. The smallest absolute Gasteiger partial charge is 0.142 e. The molecule has 16 heavy (non-hydrogen) atoms. The minimum Gasteiger partial charge on any atom is -0.271 e. The highest BCUT2D eigenvalue weighted by Crippen LogP contribution is 2.28. The van der Waals surface area contributed by atoms with Crippen molar-refractivity contribution in [3.05, 3.63) is 47.3 Å². The van der Waals surface area contributed by atoms with Gasteiger partial charge >= 0.3 is 0 Å². The third-order valence-corrected chi connectivity index (χ3v) is 2.86. The molecule has 4 heteroatoms. The number of nitrogens with one attached hydrogen (secondary N) is 1. The van der Waals surface area contributed by atoms with Crippen LogP contribution >= 0.6 is 11.6 Å². The van der Waals surface area contributed by atoms with Gasteiger partial charge in [0, 0.05) is 6.04 Å². The van der Waals surface area contributed by atoms with Crippen LogP contribution in [0.4, 0.5) is 4.39 Å². The first kappa shape index (κ1) is 13.2. The number of hydrogen-bond acceptors (Lipinski definition) is 2. The zero-order chi connectivity index (χ0) is 12.0. The third kappa shape index (κ3) is 3.30. The number of nitrogens with two attached hydrogens (primary N) is 1. The Kier molecular flexibility index (Phi) is 5.46. The quantitative estimate of drug-likeness (QED) is 0.348. The van der Waals surface area contributed by atoms with E-state index in [-0.39, 0.29) is 11.1 Å². The van der Waals surface area contributed by atoms with Crippen LogP contribution in [0.15, 0.2) is 30.9 Å². The van der Waals surface area contributed by atoms with E-state index in [0.717, 1.165) is 19.3 Å². The van der Waals surface area contributed by atoms with E-state index < -0.39 is 5.82 Å². The average Bonchev–Trinajstić information content (AvgIpc) is 2.29. The first-order valence-corrected chi connectivity index (χ1v) is 5.59. The second kappa shape index (κ2) is 6.63. The highest BCUT2D eigenvalue weighted by atomic mass is 35.5. The molecule has 0 aliphatic carbocycles. The molecule has 0 heterocycles. The van der Waals surface area contributed by atoms with Crippen LogP contribution in [0, 0.1) is 5.82 Å². The minimum atomic E-state index is -0.414. The maximum Gasteiger partial charge on any atom is 0.142 e. The molecule has 0 saturated carbocycles. The number of allylic oxidation sites excluding steroid dienone is 1. The Morgan fingerprint density at radius 2 is 2.31 bits per heavy atom. The Morgan fingerprint density at radius 1 is 1.56 bits per heavy atom. The SMILES string of the molecule is C=CCCCC(NN)c1cccc(F)c1Cl. The Bertz CT molecular complexity index is 355. The number of benzene rings is 1. The van der Waals surface area contributed by atoms with Crippen molar-refractivity contribution in [1.29, 1.82) is 0 Å². The van der Waals surface area contributed by atoms with Gasteiger partial charge in [-0.15, -0.1) is 6.58 Å². The van der Waals surface area contributed by atoms with Gasteiger partial charge in [0.1, 0.15) is 5.82 Å². The molecule has 3 N–H and O–H groups in total. The lowest BCUT2D eigenvalue weighted by atomic mass is 10.0. The van der Waals surface area contributed by atoms with Gasteiger partial charge in [0.2, 0.25) is 0 Å². The predicted molar refractivity (Wildman–Crippen MR) is 65.5 cm³/mol. The van der Waals surface area contributed by atoms with Crippen molar-refractivity contribution >= 4 is 11.6 Å².